The number of hydrogen-bond acceptors (Lipinski definition) is 4. The van der Waals surface area contributed by atoms with Gasteiger partial charge in [0.2, 0.25) is 0 Å². The third-order valence-electron chi connectivity index (χ3n) is 2.50. The highest BCUT2D eigenvalue weighted by Gasteiger charge is 2.03. The van der Waals surface area contributed by atoms with Crippen molar-refractivity contribution in [2.75, 3.05) is 13.6 Å². The molecule has 0 aliphatic heterocycles. The molecule has 0 aliphatic rings. The molecule has 0 radical (unpaired) electrons. The Hall–Kier alpha value is -1.39. The smallest absolute Gasteiger partial charge is 0.115 e. The molecule has 3 nitrogen and oxygen atoms in total. The Balaban J connectivity index is 2.01. The second kappa shape index (κ2) is 5.80. The monoisotopic (exact) mass is 248 g/mol. The third kappa shape index (κ3) is 3.54. The number of phenols is 1. The average molecular weight is 248 g/mol. The number of aromatic hydroxyl groups is 1. The maximum absolute atomic E-state index is 9.39. The molecule has 0 unspecified atom stereocenters. The Bertz CT molecular complexity index is 482. The number of likely N-dealkylation sites (N-methyl/N-ethyl adjacent to an activating group) is 1. The second-order valence-corrected chi connectivity index (χ2v) is 4.88. The zero-order valence-corrected chi connectivity index (χ0v) is 10.6. The van der Waals surface area contributed by atoms with Crippen LogP contribution in [0, 0.1) is 0 Å². The van der Waals surface area contributed by atoms with Gasteiger partial charge in [-0.05, 0) is 24.7 Å². The highest BCUT2D eigenvalue weighted by Crippen LogP contribution is 2.18. The van der Waals surface area contributed by atoms with E-state index in [1.54, 1.807) is 23.5 Å². The number of nitrogens with one attached hydrogen (secondary N) is 1. The minimum Gasteiger partial charge on any atom is -0.508 e. The predicted octanol–water partition coefficient (Wildman–Crippen LogP) is 2.20. The van der Waals surface area contributed by atoms with Crippen LogP contribution >= 0.6 is 11.3 Å². The first-order valence-electron chi connectivity index (χ1n) is 5.63. The van der Waals surface area contributed by atoms with Gasteiger partial charge in [0.15, 0.2) is 0 Å². The summed E-state index contributed by atoms with van der Waals surface area (Å²) in [5, 5.41) is 15.7. The first kappa shape index (κ1) is 12.1. The van der Waals surface area contributed by atoms with Gasteiger partial charge in [-0.3, -0.25) is 0 Å². The molecule has 0 amide bonds. The van der Waals surface area contributed by atoms with E-state index in [2.05, 4.69) is 15.7 Å². The van der Waals surface area contributed by atoms with Gasteiger partial charge in [0, 0.05) is 24.8 Å². The summed E-state index contributed by atoms with van der Waals surface area (Å²) in [6.07, 6.45) is 1.76. The van der Waals surface area contributed by atoms with Crippen molar-refractivity contribution in [3.63, 3.8) is 0 Å². The Morgan fingerprint density at radius 2 is 2.29 bits per heavy atom. The normalized spacial score (nSPS) is 10.6. The maximum atomic E-state index is 9.39. The molecule has 0 atom stereocenters. The number of phenolic OH excluding ortho intramolecular Hbond substituents is 1. The minimum absolute atomic E-state index is 0.314. The molecule has 1 heterocycles. The van der Waals surface area contributed by atoms with Crippen molar-refractivity contribution in [3.8, 4) is 5.75 Å². The van der Waals surface area contributed by atoms with Crippen LogP contribution in [0.5, 0.6) is 5.75 Å². The fourth-order valence-corrected chi connectivity index (χ4v) is 2.50. The van der Waals surface area contributed by atoms with Gasteiger partial charge in [0.1, 0.15) is 5.75 Å². The summed E-state index contributed by atoms with van der Waals surface area (Å²) in [6, 6.07) is 7.34. The van der Waals surface area contributed by atoms with Gasteiger partial charge in [-0.1, -0.05) is 12.1 Å². The molecule has 0 spiro atoms. The molecule has 0 saturated heterocycles. The standard InChI is InChI=1S/C13H16N2OS/c1-14-6-5-11-9-17-13(15-11)8-10-3-2-4-12(16)7-10/h2-4,7,9,14,16H,5-6,8H2,1H3. The van der Waals surface area contributed by atoms with Crippen molar-refractivity contribution in [2.24, 2.45) is 0 Å². The van der Waals surface area contributed by atoms with Crippen LogP contribution in [-0.2, 0) is 12.8 Å². The van der Waals surface area contributed by atoms with E-state index in [0.717, 1.165) is 35.7 Å². The maximum Gasteiger partial charge on any atom is 0.115 e. The van der Waals surface area contributed by atoms with Crippen LogP contribution in [0.1, 0.15) is 16.3 Å². The molecule has 2 rings (SSSR count). The lowest BCUT2D eigenvalue weighted by molar-refractivity contribution is 0.474. The lowest BCUT2D eigenvalue weighted by Gasteiger charge is -1.98. The fraction of sp³-hybridized carbons (Fsp3) is 0.308. The van der Waals surface area contributed by atoms with Crippen LogP contribution in [0.15, 0.2) is 29.6 Å². The van der Waals surface area contributed by atoms with E-state index >= 15 is 0 Å². The van der Waals surface area contributed by atoms with Crippen LogP contribution in [0.4, 0.5) is 0 Å². The Morgan fingerprint density at radius 1 is 1.41 bits per heavy atom. The van der Waals surface area contributed by atoms with Crippen LogP contribution in [0.2, 0.25) is 0 Å². The first-order valence-corrected chi connectivity index (χ1v) is 6.51. The number of benzene rings is 1. The molecule has 17 heavy (non-hydrogen) atoms. The van der Waals surface area contributed by atoms with Crippen LogP contribution in [0.3, 0.4) is 0 Å². The molecular formula is C13H16N2OS. The van der Waals surface area contributed by atoms with Gasteiger partial charge in [0.05, 0.1) is 10.7 Å². The summed E-state index contributed by atoms with van der Waals surface area (Å²) in [5.41, 5.74) is 2.24. The van der Waals surface area contributed by atoms with Crippen LogP contribution < -0.4 is 5.32 Å². The van der Waals surface area contributed by atoms with Gasteiger partial charge in [-0.25, -0.2) is 4.98 Å². The topological polar surface area (TPSA) is 45.1 Å². The summed E-state index contributed by atoms with van der Waals surface area (Å²) in [5.74, 6) is 0.314. The van der Waals surface area contributed by atoms with E-state index in [1.165, 1.54) is 0 Å². The van der Waals surface area contributed by atoms with E-state index in [4.69, 9.17) is 0 Å². The van der Waals surface area contributed by atoms with Crippen molar-refractivity contribution in [2.45, 2.75) is 12.8 Å². The van der Waals surface area contributed by atoms with Gasteiger partial charge in [0.25, 0.3) is 0 Å². The summed E-state index contributed by atoms with van der Waals surface area (Å²) >= 11 is 1.68. The van der Waals surface area contributed by atoms with Crippen LogP contribution in [0.25, 0.3) is 0 Å². The highest BCUT2D eigenvalue weighted by molar-refractivity contribution is 7.09. The Kier molecular flexibility index (Phi) is 4.12. The lowest BCUT2D eigenvalue weighted by Crippen LogP contribution is -2.10. The van der Waals surface area contributed by atoms with Crippen molar-refractivity contribution in [1.82, 2.24) is 10.3 Å². The molecule has 1 aromatic carbocycles. The number of thiazole rings is 1. The van der Waals surface area contributed by atoms with E-state index < -0.39 is 0 Å². The SMILES string of the molecule is CNCCc1csc(Cc2cccc(O)c2)n1. The number of aromatic nitrogens is 1. The lowest BCUT2D eigenvalue weighted by atomic mass is 10.1. The minimum atomic E-state index is 0.314. The zero-order chi connectivity index (χ0) is 12.1. The zero-order valence-electron chi connectivity index (χ0n) is 9.81. The average Bonchev–Trinajstić information content (AvgIpc) is 2.74. The van der Waals surface area contributed by atoms with Gasteiger partial charge < -0.3 is 10.4 Å². The van der Waals surface area contributed by atoms with Gasteiger partial charge in [-0.15, -0.1) is 11.3 Å². The summed E-state index contributed by atoms with van der Waals surface area (Å²) in [6.45, 7) is 0.954. The molecular weight excluding hydrogens is 232 g/mol. The van der Waals surface area contributed by atoms with E-state index in [-0.39, 0.29) is 0 Å². The molecule has 1 aromatic heterocycles. The number of hydrogen-bond donors (Lipinski definition) is 2. The summed E-state index contributed by atoms with van der Waals surface area (Å²) < 4.78 is 0. The van der Waals surface area contributed by atoms with E-state index in [0.29, 0.717) is 5.75 Å². The fourth-order valence-electron chi connectivity index (χ4n) is 1.64. The van der Waals surface area contributed by atoms with E-state index in [9.17, 15) is 5.11 Å². The molecule has 2 aromatic rings. The first-order chi connectivity index (χ1) is 8.28. The largest absolute Gasteiger partial charge is 0.508 e. The Morgan fingerprint density at radius 3 is 3.06 bits per heavy atom. The predicted molar refractivity (Wildman–Crippen MR) is 70.7 cm³/mol. The Labute approximate surface area is 105 Å². The van der Waals surface area contributed by atoms with Gasteiger partial charge >= 0.3 is 0 Å². The summed E-state index contributed by atoms with van der Waals surface area (Å²) in [4.78, 5) is 4.57. The van der Waals surface area contributed by atoms with Crippen molar-refractivity contribution < 1.29 is 5.11 Å². The third-order valence-corrected chi connectivity index (χ3v) is 3.39. The number of rotatable bonds is 5. The van der Waals surface area contributed by atoms with Crippen molar-refractivity contribution >= 4 is 11.3 Å². The molecule has 0 saturated carbocycles. The molecule has 4 heteroatoms. The highest BCUT2D eigenvalue weighted by atomic mass is 32.1. The summed E-state index contributed by atoms with van der Waals surface area (Å²) in [7, 11) is 1.94. The van der Waals surface area contributed by atoms with Crippen LogP contribution in [-0.4, -0.2) is 23.7 Å². The molecule has 0 fully saturated rings. The van der Waals surface area contributed by atoms with Gasteiger partial charge in [-0.2, -0.15) is 0 Å². The second-order valence-electron chi connectivity index (χ2n) is 3.93. The van der Waals surface area contributed by atoms with Crippen molar-refractivity contribution in [1.29, 1.82) is 0 Å². The molecule has 2 N–H and O–H groups in total. The van der Waals surface area contributed by atoms with Crippen molar-refractivity contribution in [3.05, 3.63) is 45.9 Å². The van der Waals surface area contributed by atoms with E-state index in [1.807, 2.05) is 19.2 Å². The molecule has 0 bridgehead atoms. The molecule has 0 aliphatic carbocycles. The number of nitrogens with zero attached hydrogens (tertiary/aromatic N) is 1. The quantitative estimate of drug-likeness (QED) is 0.852. The molecule has 90 valence electrons.